The molecule has 2 heterocycles. The van der Waals surface area contributed by atoms with Gasteiger partial charge in [-0.05, 0) is 37.6 Å². The van der Waals surface area contributed by atoms with E-state index in [0.717, 1.165) is 10.3 Å². The maximum absolute atomic E-state index is 13.0. The normalized spacial score (nSPS) is 11.9. The number of hydrogen-bond donors (Lipinski definition) is 2. The first-order valence-electron chi connectivity index (χ1n) is 10.2. The van der Waals surface area contributed by atoms with Crippen molar-refractivity contribution in [2.24, 2.45) is 0 Å². The van der Waals surface area contributed by atoms with Crippen LogP contribution in [0.15, 0.2) is 53.7 Å². The predicted octanol–water partition coefficient (Wildman–Crippen LogP) is 4.14. The van der Waals surface area contributed by atoms with Crippen LogP contribution in [-0.2, 0) is 15.3 Å². The summed E-state index contributed by atoms with van der Waals surface area (Å²) < 4.78 is 7.41. The molecule has 0 radical (unpaired) electrons. The molecule has 0 saturated heterocycles. The zero-order chi connectivity index (χ0) is 23.4. The lowest BCUT2D eigenvalue weighted by Crippen LogP contribution is -2.25. The fourth-order valence-electron chi connectivity index (χ4n) is 3.12. The van der Waals surface area contributed by atoms with Crippen LogP contribution in [0.4, 0.5) is 11.1 Å². The molecule has 0 aliphatic rings. The number of rotatable bonds is 8. The second kappa shape index (κ2) is 10.0. The average Bonchev–Trinajstić information content (AvgIpc) is 3.39. The van der Waals surface area contributed by atoms with Gasteiger partial charge in [0.15, 0.2) is 10.3 Å². The summed E-state index contributed by atoms with van der Waals surface area (Å²) in [7, 11) is 0. The van der Waals surface area contributed by atoms with E-state index in [4.69, 9.17) is 10.5 Å². The van der Waals surface area contributed by atoms with Gasteiger partial charge in [-0.3, -0.25) is 9.36 Å². The largest absolute Gasteiger partial charge is 0.462 e. The molecule has 0 fully saturated rings. The van der Waals surface area contributed by atoms with E-state index in [2.05, 4.69) is 20.5 Å². The van der Waals surface area contributed by atoms with Gasteiger partial charge in [0.25, 0.3) is 0 Å². The number of nitrogens with one attached hydrogen (secondary N) is 1. The van der Waals surface area contributed by atoms with E-state index in [-0.39, 0.29) is 11.9 Å². The van der Waals surface area contributed by atoms with Crippen LogP contribution < -0.4 is 11.1 Å². The van der Waals surface area contributed by atoms with Crippen molar-refractivity contribution in [3.63, 3.8) is 0 Å². The van der Waals surface area contributed by atoms with Crippen molar-refractivity contribution in [3.05, 3.63) is 59.7 Å². The standard InChI is InChI=1S/C22H22N6O3S2/c1-3-31-19(30)15-9-10-16-17(11-15)33-21(24-16)25-18(29)13(2)28-20(23)26-27-22(28)32-12-14-7-5-4-6-8-14/h4-11,13H,3,12H2,1-2H3,(H2,23,26)(H,24,25,29). The van der Waals surface area contributed by atoms with Crippen LogP contribution in [0.1, 0.15) is 35.8 Å². The highest BCUT2D eigenvalue weighted by atomic mass is 32.2. The molecule has 0 saturated carbocycles. The number of aromatic nitrogens is 4. The number of nitrogen functional groups attached to an aromatic ring is 1. The van der Waals surface area contributed by atoms with Crippen LogP contribution in [0.25, 0.3) is 10.2 Å². The Labute approximate surface area is 198 Å². The molecule has 1 atom stereocenters. The number of esters is 1. The van der Waals surface area contributed by atoms with Crippen LogP contribution in [0.2, 0.25) is 0 Å². The molecule has 0 spiro atoms. The molecular formula is C22H22N6O3S2. The fourth-order valence-corrected chi connectivity index (χ4v) is 5.01. The monoisotopic (exact) mass is 482 g/mol. The first-order chi connectivity index (χ1) is 16.0. The Morgan fingerprint density at radius 3 is 2.76 bits per heavy atom. The molecule has 0 aliphatic heterocycles. The lowest BCUT2D eigenvalue weighted by Gasteiger charge is -2.15. The minimum absolute atomic E-state index is 0.164. The molecule has 1 unspecified atom stereocenters. The number of hydrogen-bond acceptors (Lipinski definition) is 9. The number of amides is 1. The first kappa shape index (κ1) is 22.7. The van der Waals surface area contributed by atoms with Crippen molar-refractivity contribution < 1.29 is 14.3 Å². The average molecular weight is 483 g/mol. The van der Waals surface area contributed by atoms with Gasteiger partial charge in [-0.25, -0.2) is 9.78 Å². The van der Waals surface area contributed by atoms with Crippen LogP contribution in [0.3, 0.4) is 0 Å². The molecule has 170 valence electrons. The Kier molecular flexibility index (Phi) is 6.90. The number of thioether (sulfide) groups is 1. The molecule has 2 aromatic heterocycles. The van der Waals surface area contributed by atoms with Gasteiger partial charge >= 0.3 is 5.97 Å². The van der Waals surface area contributed by atoms with Crippen molar-refractivity contribution >= 4 is 56.3 Å². The highest BCUT2D eigenvalue weighted by Gasteiger charge is 2.23. The maximum atomic E-state index is 13.0. The lowest BCUT2D eigenvalue weighted by atomic mass is 10.2. The van der Waals surface area contributed by atoms with E-state index in [0.29, 0.717) is 33.7 Å². The van der Waals surface area contributed by atoms with Gasteiger partial charge < -0.3 is 15.8 Å². The van der Waals surface area contributed by atoms with Gasteiger partial charge in [-0.1, -0.05) is 53.4 Å². The van der Waals surface area contributed by atoms with Gasteiger partial charge in [-0.2, -0.15) is 0 Å². The Hall–Kier alpha value is -3.44. The third-order valence-electron chi connectivity index (χ3n) is 4.80. The number of carbonyl (C=O) groups is 2. The third-order valence-corrected chi connectivity index (χ3v) is 6.75. The van der Waals surface area contributed by atoms with E-state index in [1.165, 1.54) is 23.1 Å². The van der Waals surface area contributed by atoms with Crippen LogP contribution >= 0.6 is 23.1 Å². The molecule has 9 nitrogen and oxygen atoms in total. The summed E-state index contributed by atoms with van der Waals surface area (Å²) in [6, 6.07) is 14.4. The molecule has 4 rings (SSSR count). The number of fused-ring (bicyclic) bond motifs is 1. The van der Waals surface area contributed by atoms with Crippen molar-refractivity contribution in [1.82, 2.24) is 19.7 Å². The molecule has 4 aromatic rings. The molecular weight excluding hydrogens is 460 g/mol. The van der Waals surface area contributed by atoms with Crippen molar-refractivity contribution in [2.45, 2.75) is 30.8 Å². The Morgan fingerprint density at radius 2 is 2.00 bits per heavy atom. The zero-order valence-corrected chi connectivity index (χ0v) is 19.7. The van der Waals surface area contributed by atoms with E-state index in [1.54, 1.807) is 36.6 Å². The van der Waals surface area contributed by atoms with Gasteiger partial charge in [0.1, 0.15) is 6.04 Å². The van der Waals surface area contributed by atoms with Crippen molar-refractivity contribution in [1.29, 1.82) is 0 Å². The summed E-state index contributed by atoms with van der Waals surface area (Å²) >= 11 is 2.74. The summed E-state index contributed by atoms with van der Waals surface area (Å²) in [4.78, 5) is 29.4. The van der Waals surface area contributed by atoms with Gasteiger partial charge in [-0.15, -0.1) is 10.2 Å². The number of benzene rings is 2. The van der Waals surface area contributed by atoms with Crippen molar-refractivity contribution in [2.75, 3.05) is 17.7 Å². The number of carbonyl (C=O) groups excluding carboxylic acids is 2. The van der Waals surface area contributed by atoms with E-state index < -0.39 is 12.0 Å². The molecule has 0 aliphatic carbocycles. The Morgan fingerprint density at radius 1 is 1.21 bits per heavy atom. The number of nitrogens with zero attached hydrogens (tertiary/aromatic N) is 4. The second-order valence-corrected chi connectivity index (χ2v) is 9.05. The number of nitrogens with two attached hydrogens (primary N) is 1. The summed E-state index contributed by atoms with van der Waals surface area (Å²) in [5.41, 5.74) is 8.26. The van der Waals surface area contributed by atoms with E-state index in [1.807, 2.05) is 30.3 Å². The minimum Gasteiger partial charge on any atom is -0.462 e. The molecule has 3 N–H and O–H groups in total. The first-order valence-corrected chi connectivity index (χ1v) is 12.0. The Bertz CT molecular complexity index is 1290. The molecule has 1 amide bonds. The summed E-state index contributed by atoms with van der Waals surface area (Å²) in [6.07, 6.45) is 0. The minimum atomic E-state index is -0.652. The smallest absolute Gasteiger partial charge is 0.338 e. The Balaban J connectivity index is 1.48. The zero-order valence-electron chi connectivity index (χ0n) is 18.0. The van der Waals surface area contributed by atoms with Gasteiger partial charge in [0.05, 0.1) is 22.4 Å². The van der Waals surface area contributed by atoms with Crippen molar-refractivity contribution in [3.8, 4) is 0 Å². The van der Waals surface area contributed by atoms with E-state index in [9.17, 15) is 9.59 Å². The van der Waals surface area contributed by atoms with Crippen LogP contribution in [0.5, 0.6) is 0 Å². The van der Waals surface area contributed by atoms with Gasteiger partial charge in [0, 0.05) is 5.75 Å². The topological polar surface area (TPSA) is 125 Å². The molecule has 2 aromatic carbocycles. The second-order valence-electron chi connectivity index (χ2n) is 7.07. The molecule has 33 heavy (non-hydrogen) atoms. The lowest BCUT2D eigenvalue weighted by molar-refractivity contribution is -0.118. The molecule has 0 bridgehead atoms. The summed E-state index contributed by atoms with van der Waals surface area (Å²) in [5.74, 6) is 0.147. The highest BCUT2D eigenvalue weighted by molar-refractivity contribution is 7.98. The molecule has 11 heteroatoms. The van der Waals surface area contributed by atoms with E-state index >= 15 is 0 Å². The summed E-state index contributed by atoms with van der Waals surface area (Å²) in [6.45, 7) is 3.79. The fraction of sp³-hybridized carbons (Fsp3) is 0.227. The summed E-state index contributed by atoms with van der Waals surface area (Å²) in [5, 5.41) is 11.9. The number of anilines is 2. The number of thiazole rings is 1. The van der Waals surface area contributed by atoms with Crippen LogP contribution in [0, 0.1) is 0 Å². The highest BCUT2D eigenvalue weighted by Crippen LogP contribution is 2.29. The number of ether oxygens (including phenoxy) is 1. The van der Waals surface area contributed by atoms with Crippen LogP contribution in [-0.4, -0.2) is 38.2 Å². The maximum Gasteiger partial charge on any atom is 0.338 e. The quantitative estimate of drug-likeness (QED) is 0.284. The third kappa shape index (κ3) is 5.15. The van der Waals surface area contributed by atoms with Gasteiger partial charge in [0.2, 0.25) is 11.9 Å². The predicted molar refractivity (Wildman–Crippen MR) is 129 cm³/mol. The SMILES string of the molecule is CCOC(=O)c1ccc2nc(NC(=O)C(C)n3c(N)nnc3SCc3ccccc3)sc2c1.